The first-order chi connectivity index (χ1) is 17.6. The van der Waals surface area contributed by atoms with Gasteiger partial charge in [-0.15, -0.1) is 11.3 Å². The van der Waals surface area contributed by atoms with Gasteiger partial charge >= 0.3 is 5.97 Å². The topological polar surface area (TPSA) is 137 Å². The molecule has 1 amide bonds. The van der Waals surface area contributed by atoms with Crippen molar-refractivity contribution in [2.75, 3.05) is 38.2 Å². The Balaban J connectivity index is 1.46. The number of carbonyl (C=O) groups excluding carboxylic acids is 2. The highest BCUT2D eigenvalue weighted by atomic mass is 32.2. The number of rotatable bonds is 8. The average Bonchev–Trinajstić information content (AvgIpc) is 3.22. The number of ether oxygens (including phenoxy) is 2. The number of morpholine rings is 1. The molecule has 1 aliphatic heterocycles. The summed E-state index contributed by atoms with van der Waals surface area (Å²) in [5, 5.41) is 2.94. The third kappa shape index (κ3) is 5.90. The summed E-state index contributed by atoms with van der Waals surface area (Å²) in [4.78, 5) is 43.2. The molecule has 11 nitrogen and oxygen atoms in total. The van der Waals surface area contributed by atoms with E-state index in [1.807, 2.05) is 13.8 Å². The van der Waals surface area contributed by atoms with Gasteiger partial charge in [0.15, 0.2) is 0 Å². The molecule has 0 unspecified atom stereocenters. The van der Waals surface area contributed by atoms with E-state index in [2.05, 4.69) is 10.3 Å². The van der Waals surface area contributed by atoms with Crippen LogP contribution >= 0.6 is 11.3 Å². The molecule has 4 rings (SSSR count). The minimum Gasteiger partial charge on any atom is -0.461 e. The molecule has 2 aromatic heterocycles. The lowest BCUT2D eigenvalue weighted by atomic mass is 10.2. The molecule has 0 saturated carbocycles. The lowest BCUT2D eigenvalue weighted by molar-refractivity contribution is -0.116. The SMILES string of the molecule is Cc1c(C(=O)OCC(C)C)sc2ncn(CC(=O)Nc3ccc(S(=O)(=O)N4CCOCC4)cc3)c(=O)c12. The van der Waals surface area contributed by atoms with Crippen molar-refractivity contribution in [3.63, 3.8) is 0 Å². The molecule has 13 heteroatoms. The van der Waals surface area contributed by atoms with E-state index in [1.54, 1.807) is 6.92 Å². The highest BCUT2D eigenvalue weighted by Gasteiger charge is 2.26. The molecule has 1 aliphatic rings. The minimum absolute atomic E-state index is 0.119. The zero-order valence-corrected chi connectivity index (χ0v) is 22.4. The zero-order valence-electron chi connectivity index (χ0n) is 20.7. The lowest BCUT2D eigenvalue weighted by Crippen LogP contribution is -2.40. The molecule has 1 fully saturated rings. The number of hydrogen-bond acceptors (Lipinski definition) is 9. The Morgan fingerprint density at radius 3 is 2.51 bits per heavy atom. The van der Waals surface area contributed by atoms with Gasteiger partial charge in [0.25, 0.3) is 5.56 Å². The first kappa shape index (κ1) is 26.9. The van der Waals surface area contributed by atoms with Crippen molar-refractivity contribution in [2.45, 2.75) is 32.2 Å². The summed E-state index contributed by atoms with van der Waals surface area (Å²) in [6.45, 7) is 6.75. The number of fused-ring (bicyclic) bond motifs is 1. The lowest BCUT2D eigenvalue weighted by Gasteiger charge is -2.26. The number of sulfonamides is 1. The molecule has 0 aliphatic carbocycles. The van der Waals surface area contributed by atoms with Crippen LogP contribution in [0.3, 0.4) is 0 Å². The van der Waals surface area contributed by atoms with Crippen molar-refractivity contribution in [3.05, 3.63) is 51.4 Å². The second-order valence-corrected chi connectivity index (χ2v) is 11.9. The Morgan fingerprint density at radius 2 is 1.86 bits per heavy atom. The summed E-state index contributed by atoms with van der Waals surface area (Å²) in [5.41, 5.74) is 0.414. The number of carbonyl (C=O) groups is 2. The maximum Gasteiger partial charge on any atom is 0.348 e. The second kappa shape index (κ2) is 11.1. The Kier molecular flexibility index (Phi) is 8.07. The fourth-order valence-electron chi connectivity index (χ4n) is 3.78. The van der Waals surface area contributed by atoms with Gasteiger partial charge in [-0.05, 0) is 42.7 Å². The van der Waals surface area contributed by atoms with Crippen LogP contribution in [0.4, 0.5) is 5.69 Å². The van der Waals surface area contributed by atoms with Crippen molar-refractivity contribution < 1.29 is 27.5 Å². The number of nitrogens with one attached hydrogen (secondary N) is 1. The van der Waals surface area contributed by atoms with Gasteiger partial charge in [-0.25, -0.2) is 18.2 Å². The van der Waals surface area contributed by atoms with E-state index in [9.17, 15) is 22.8 Å². The molecule has 198 valence electrons. The number of hydrogen-bond donors (Lipinski definition) is 1. The van der Waals surface area contributed by atoms with Crippen molar-refractivity contribution in [2.24, 2.45) is 5.92 Å². The highest BCUT2D eigenvalue weighted by Crippen LogP contribution is 2.27. The zero-order chi connectivity index (χ0) is 26.7. The molecule has 1 saturated heterocycles. The smallest absolute Gasteiger partial charge is 0.348 e. The van der Waals surface area contributed by atoms with E-state index in [0.29, 0.717) is 34.2 Å². The van der Waals surface area contributed by atoms with E-state index in [1.165, 1.54) is 34.9 Å². The summed E-state index contributed by atoms with van der Waals surface area (Å²) in [7, 11) is -3.64. The van der Waals surface area contributed by atoms with Crippen LogP contribution in [-0.4, -0.2) is 67.1 Å². The van der Waals surface area contributed by atoms with Crippen molar-refractivity contribution in [1.82, 2.24) is 13.9 Å². The molecule has 0 atom stereocenters. The quantitative estimate of drug-likeness (QED) is 0.423. The fourth-order valence-corrected chi connectivity index (χ4v) is 6.22. The van der Waals surface area contributed by atoms with Crippen LogP contribution in [0.15, 0.2) is 40.3 Å². The summed E-state index contributed by atoms with van der Waals surface area (Å²) in [5.74, 6) is -0.814. The van der Waals surface area contributed by atoms with E-state index in [4.69, 9.17) is 9.47 Å². The molecule has 3 aromatic rings. The summed E-state index contributed by atoms with van der Waals surface area (Å²) >= 11 is 1.08. The normalized spacial score (nSPS) is 14.7. The van der Waals surface area contributed by atoms with Gasteiger partial charge in [-0.3, -0.25) is 14.2 Å². The van der Waals surface area contributed by atoms with E-state index >= 15 is 0 Å². The van der Waals surface area contributed by atoms with Crippen LogP contribution in [0.25, 0.3) is 10.2 Å². The molecule has 0 radical (unpaired) electrons. The van der Waals surface area contributed by atoms with Crippen LogP contribution < -0.4 is 10.9 Å². The minimum atomic E-state index is -3.64. The van der Waals surface area contributed by atoms with Crippen molar-refractivity contribution in [1.29, 1.82) is 0 Å². The number of thiophene rings is 1. The van der Waals surface area contributed by atoms with Crippen molar-refractivity contribution >= 4 is 49.1 Å². The number of nitrogens with zero attached hydrogens (tertiary/aromatic N) is 3. The highest BCUT2D eigenvalue weighted by molar-refractivity contribution is 7.89. The number of amides is 1. The van der Waals surface area contributed by atoms with E-state index in [-0.39, 0.29) is 42.4 Å². The molecular formula is C24H28N4O7S2. The van der Waals surface area contributed by atoms with Gasteiger partial charge in [0.2, 0.25) is 15.9 Å². The van der Waals surface area contributed by atoms with Gasteiger partial charge in [-0.2, -0.15) is 4.31 Å². The van der Waals surface area contributed by atoms with Crippen LogP contribution in [-0.2, 0) is 30.8 Å². The molecule has 37 heavy (non-hydrogen) atoms. The average molecular weight is 549 g/mol. The number of aromatic nitrogens is 2. The molecule has 3 heterocycles. The number of anilines is 1. The maximum absolute atomic E-state index is 13.1. The van der Waals surface area contributed by atoms with Crippen LogP contribution in [0.1, 0.15) is 29.1 Å². The van der Waals surface area contributed by atoms with E-state index in [0.717, 1.165) is 15.9 Å². The Bertz CT molecular complexity index is 1470. The maximum atomic E-state index is 13.1. The summed E-state index contributed by atoms with van der Waals surface area (Å²) in [6.07, 6.45) is 1.27. The molecule has 1 N–H and O–H groups in total. The Morgan fingerprint density at radius 1 is 1.19 bits per heavy atom. The van der Waals surface area contributed by atoms with Gasteiger partial charge < -0.3 is 14.8 Å². The summed E-state index contributed by atoms with van der Waals surface area (Å²) in [6, 6.07) is 5.84. The molecule has 0 spiro atoms. The predicted molar refractivity (Wildman–Crippen MR) is 138 cm³/mol. The van der Waals surface area contributed by atoms with Gasteiger partial charge in [0, 0.05) is 18.8 Å². The number of benzene rings is 1. The fraction of sp³-hybridized carbons (Fsp3) is 0.417. The first-order valence-corrected chi connectivity index (χ1v) is 14.0. The van der Waals surface area contributed by atoms with Gasteiger partial charge in [-0.1, -0.05) is 13.8 Å². The molecule has 0 bridgehead atoms. The Hall–Kier alpha value is -3.13. The third-order valence-electron chi connectivity index (χ3n) is 5.71. The summed E-state index contributed by atoms with van der Waals surface area (Å²) < 4.78 is 38.5. The molecular weight excluding hydrogens is 520 g/mol. The number of aryl methyl sites for hydroxylation is 1. The second-order valence-electron chi connectivity index (χ2n) is 9.00. The van der Waals surface area contributed by atoms with E-state index < -0.39 is 27.5 Å². The first-order valence-electron chi connectivity index (χ1n) is 11.7. The molecule has 1 aromatic carbocycles. The monoisotopic (exact) mass is 548 g/mol. The van der Waals surface area contributed by atoms with Gasteiger partial charge in [0.1, 0.15) is 16.3 Å². The Labute approximate surface area is 218 Å². The van der Waals surface area contributed by atoms with Crippen LogP contribution in [0.2, 0.25) is 0 Å². The predicted octanol–water partition coefficient (Wildman–Crippen LogP) is 2.24. The third-order valence-corrected chi connectivity index (χ3v) is 8.80. The van der Waals surface area contributed by atoms with Gasteiger partial charge in [0.05, 0.1) is 36.4 Å². The largest absolute Gasteiger partial charge is 0.461 e. The van der Waals surface area contributed by atoms with Crippen LogP contribution in [0, 0.1) is 12.8 Å². The number of esters is 1. The van der Waals surface area contributed by atoms with Crippen LogP contribution in [0.5, 0.6) is 0 Å². The van der Waals surface area contributed by atoms with Crippen molar-refractivity contribution in [3.8, 4) is 0 Å². The standard InChI is InChI=1S/C24H28N4O7S2/c1-15(2)13-35-24(31)21-16(3)20-22(36-21)25-14-27(23(20)30)12-19(29)26-17-4-6-18(7-5-17)37(32,33)28-8-10-34-11-9-28/h4-7,14-15H,8-13H2,1-3H3,(H,26,29).